The highest BCUT2D eigenvalue weighted by Crippen LogP contribution is 2.22. The number of amides is 1. The summed E-state index contributed by atoms with van der Waals surface area (Å²) in [5.74, 6) is 0.535. The minimum atomic E-state index is -0.223. The van der Waals surface area contributed by atoms with E-state index in [9.17, 15) is 9.18 Å². The first-order chi connectivity index (χ1) is 12.6. The van der Waals surface area contributed by atoms with E-state index in [4.69, 9.17) is 4.74 Å². The number of carbonyl (C=O) groups is 1. The van der Waals surface area contributed by atoms with Crippen molar-refractivity contribution in [3.63, 3.8) is 0 Å². The van der Waals surface area contributed by atoms with Crippen LogP contribution in [-0.4, -0.2) is 30.5 Å². The monoisotopic (exact) mass is 356 g/mol. The van der Waals surface area contributed by atoms with Crippen molar-refractivity contribution < 1.29 is 13.9 Å². The Bertz CT molecular complexity index is 733. The van der Waals surface area contributed by atoms with Gasteiger partial charge in [-0.1, -0.05) is 18.2 Å². The van der Waals surface area contributed by atoms with Gasteiger partial charge in [-0.05, 0) is 56.1 Å². The van der Waals surface area contributed by atoms with Crippen molar-refractivity contribution in [2.24, 2.45) is 5.92 Å². The number of piperidine rings is 1. The molecule has 0 aliphatic carbocycles. The maximum absolute atomic E-state index is 13.0. The maximum Gasteiger partial charge on any atom is 0.228 e. The number of halogens is 1. The Balaban J connectivity index is 1.57. The molecule has 0 radical (unpaired) electrons. The van der Waals surface area contributed by atoms with Crippen LogP contribution in [0.4, 0.5) is 10.1 Å². The predicted molar refractivity (Wildman–Crippen MR) is 101 cm³/mol. The topological polar surface area (TPSA) is 41.6 Å². The number of anilines is 1. The largest absolute Gasteiger partial charge is 0.494 e. The van der Waals surface area contributed by atoms with E-state index in [2.05, 4.69) is 10.2 Å². The highest BCUT2D eigenvalue weighted by Gasteiger charge is 2.26. The Morgan fingerprint density at radius 2 is 2.08 bits per heavy atom. The number of hydrogen-bond donors (Lipinski definition) is 1. The lowest BCUT2D eigenvalue weighted by molar-refractivity contribution is -0.121. The number of likely N-dealkylation sites (tertiary alicyclic amines) is 1. The van der Waals surface area contributed by atoms with Crippen LogP contribution >= 0.6 is 0 Å². The molecule has 1 aliphatic heterocycles. The molecule has 4 nitrogen and oxygen atoms in total. The van der Waals surface area contributed by atoms with E-state index in [1.54, 1.807) is 12.1 Å². The fraction of sp³-hybridized carbons (Fsp3) is 0.381. The molecular formula is C21H25FN2O2. The van der Waals surface area contributed by atoms with Crippen LogP contribution in [0.15, 0.2) is 48.5 Å². The van der Waals surface area contributed by atoms with Gasteiger partial charge in [-0.3, -0.25) is 9.69 Å². The third-order valence-corrected chi connectivity index (χ3v) is 4.61. The zero-order chi connectivity index (χ0) is 18.4. The van der Waals surface area contributed by atoms with Gasteiger partial charge in [-0.2, -0.15) is 0 Å². The Morgan fingerprint density at radius 3 is 2.85 bits per heavy atom. The van der Waals surface area contributed by atoms with Crippen LogP contribution in [0.3, 0.4) is 0 Å². The first-order valence-corrected chi connectivity index (χ1v) is 9.14. The molecule has 1 atom stereocenters. The Hall–Kier alpha value is -2.40. The summed E-state index contributed by atoms with van der Waals surface area (Å²) in [5.41, 5.74) is 1.83. The number of benzene rings is 2. The van der Waals surface area contributed by atoms with E-state index >= 15 is 0 Å². The lowest BCUT2D eigenvalue weighted by Gasteiger charge is -2.32. The van der Waals surface area contributed by atoms with Gasteiger partial charge in [0, 0.05) is 24.8 Å². The number of nitrogens with one attached hydrogen (secondary N) is 1. The summed E-state index contributed by atoms with van der Waals surface area (Å²) < 4.78 is 18.5. The standard InChI is InChI=1S/C21H25FN2O2/c1-2-26-20-7-3-6-19(13-20)23-21(25)17-5-4-12-24(15-17)14-16-8-10-18(22)11-9-16/h3,6-11,13,17H,2,4-5,12,14-15H2,1H3,(H,23,25)/t17-/m0/s1. The second-order valence-electron chi connectivity index (χ2n) is 6.65. The smallest absolute Gasteiger partial charge is 0.228 e. The molecule has 1 fully saturated rings. The van der Waals surface area contributed by atoms with Gasteiger partial charge in [0.1, 0.15) is 11.6 Å². The first-order valence-electron chi connectivity index (χ1n) is 9.14. The summed E-state index contributed by atoms with van der Waals surface area (Å²) >= 11 is 0. The second kappa shape index (κ2) is 8.81. The first kappa shape index (κ1) is 18.4. The quantitative estimate of drug-likeness (QED) is 0.848. The molecule has 2 aromatic rings. The molecule has 0 aromatic heterocycles. The summed E-state index contributed by atoms with van der Waals surface area (Å²) in [6.07, 6.45) is 1.87. The van der Waals surface area contributed by atoms with Crippen LogP contribution in [0.2, 0.25) is 0 Å². The van der Waals surface area contributed by atoms with Gasteiger partial charge in [0.25, 0.3) is 0 Å². The van der Waals surface area contributed by atoms with Gasteiger partial charge in [0.15, 0.2) is 0 Å². The third kappa shape index (κ3) is 5.05. The summed E-state index contributed by atoms with van der Waals surface area (Å²) in [5, 5.41) is 3.01. The third-order valence-electron chi connectivity index (χ3n) is 4.61. The Morgan fingerprint density at radius 1 is 1.27 bits per heavy atom. The molecule has 26 heavy (non-hydrogen) atoms. The molecule has 1 heterocycles. The average Bonchev–Trinajstić information content (AvgIpc) is 2.64. The van der Waals surface area contributed by atoms with Crippen LogP contribution in [0, 0.1) is 11.7 Å². The Labute approximate surface area is 154 Å². The highest BCUT2D eigenvalue weighted by molar-refractivity contribution is 5.92. The number of carbonyl (C=O) groups excluding carboxylic acids is 1. The molecule has 0 unspecified atom stereocenters. The summed E-state index contributed by atoms with van der Waals surface area (Å²) in [7, 11) is 0. The van der Waals surface area contributed by atoms with Gasteiger partial charge in [-0.25, -0.2) is 4.39 Å². The van der Waals surface area contributed by atoms with Crippen molar-refractivity contribution in [1.82, 2.24) is 4.90 Å². The fourth-order valence-electron chi connectivity index (χ4n) is 3.34. The zero-order valence-corrected chi connectivity index (χ0v) is 15.1. The van der Waals surface area contributed by atoms with E-state index in [0.717, 1.165) is 42.9 Å². The summed E-state index contributed by atoms with van der Waals surface area (Å²) in [6, 6.07) is 14.0. The maximum atomic E-state index is 13.0. The minimum Gasteiger partial charge on any atom is -0.494 e. The van der Waals surface area contributed by atoms with Crippen molar-refractivity contribution in [2.75, 3.05) is 25.0 Å². The number of rotatable bonds is 6. The second-order valence-corrected chi connectivity index (χ2v) is 6.65. The molecule has 5 heteroatoms. The van der Waals surface area contributed by atoms with Crippen molar-refractivity contribution in [1.29, 1.82) is 0 Å². The lowest BCUT2D eigenvalue weighted by atomic mass is 9.96. The molecule has 0 spiro atoms. The van der Waals surface area contributed by atoms with Crippen molar-refractivity contribution in [3.8, 4) is 5.75 Å². The number of hydrogen-bond acceptors (Lipinski definition) is 3. The van der Waals surface area contributed by atoms with E-state index < -0.39 is 0 Å². The van der Waals surface area contributed by atoms with Crippen molar-refractivity contribution in [2.45, 2.75) is 26.3 Å². The van der Waals surface area contributed by atoms with Gasteiger partial charge in [0.05, 0.1) is 12.5 Å². The van der Waals surface area contributed by atoms with E-state index in [0.29, 0.717) is 13.2 Å². The lowest BCUT2D eigenvalue weighted by Crippen LogP contribution is -2.40. The van der Waals surface area contributed by atoms with E-state index in [1.165, 1.54) is 12.1 Å². The molecule has 2 aromatic carbocycles. The van der Waals surface area contributed by atoms with Crippen molar-refractivity contribution >= 4 is 11.6 Å². The average molecular weight is 356 g/mol. The molecule has 1 N–H and O–H groups in total. The number of nitrogens with zero attached hydrogens (tertiary/aromatic N) is 1. The van der Waals surface area contributed by atoms with E-state index in [-0.39, 0.29) is 17.6 Å². The van der Waals surface area contributed by atoms with Gasteiger partial charge < -0.3 is 10.1 Å². The van der Waals surface area contributed by atoms with Crippen LogP contribution in [0.1, 0.15) is 25.3 Å². The zero-order valence-electron chi connectivity index (χ0n) is 15.1. The van der Waals surface area contributed by atoms with Gasteiger partial charge >= 0.3 is 0 Å². The van der Waals surface area contributed by atoms with Crippen LogP contribution in [-0.2, 0) is 11.3 Å². The molecule has 1 aliphatic rings. The van der Waals surface area contributed by atoms with E-state index in [1.807, 2.05) is 31.2 Å². The summed E-state index contributed by atoms with van der Waals surface area (Å²) in [6.45, 7) is 4.95. The predicted octanol–water partition coefficient (Wildman–Crippen LogP) is 4.08. The minimum absolute atomic E-state index is 0.0417. The van der Waals surface area contributed by atoms with Crippen LogP contribution in [0.5, 0.6) is 5.75 Å². The molecular weight excluding hydrogens is 331 g/mol. The van der Waals surface area contributed by atoms with Crippen molar-refractivity contribution in [3.05, 3.63) is 59.9 Å². The molecule has 1 amide bonds. The number of ether oxygens (including phenoxy) is 1. The van der Waals surface area contributed by atoms with Crippen LogP contribution < -0.4 is 10.1 Å². The van der Waals surface area contributed by atoms with Crippen LogP contribution in [0.25, 0.3) is 0 Å². The summed E-state index contributed by atoms with van der Waals surface area (Å²) in [4.78, 5) is 14.9. The fourth-order valence-corrected chi connectivity index (χ4v) is 3.34. The molecule has 0 bridgehead atoms. The molecule has 0 saturated carbocycles. The van der Waals surface area contributed by atoms with Gasteiger partial charge in [-0.15, -0.1) is 0 Å². The molecule has 138 valence electrons. The molecule has 1 saturated heterocycles. The van der Waals surface area contributed by atoms with Gasteiger partial charge in [0.2, 0.25) is 5.91 Å². The highest BCUT2D eigenvalue weighted by atomic mass is 19.1. The molecule has 3 rings (SSSR count). The SMILES string of the molecule is CCOc1cccc(NC(=O)[C@H]2CCCN(Cc3ccc(F)cc3)C2)c1. The Kier molecular flexibility index (Phi) is 6.23. The normalized spacial score (nSPS) is 17.7.